The molecule has 1 fully saturated rings. The topological polar surface area (TPSA) is 63.7 Å². The van der Waals surface area contributed by atoms with Gasteiger partial charge in [0, 0.05) is 17.1 Å². The minimum atomic E-state index is -3.10. The van der Waals surface area contributed by atoms with Crippen LogP contribution in [0.25, 0.3) is 0 Å². The quantitative estimate of drug-likeness (QED) is 0.597. The van der Waals surface area contributed by atoms with Gasteiger partial charge >= 0.3 is 0 Å². The van der Waals surface area contributed by atoms with E-state index in [-0.39, 0.29) is 30.1 Å². The van der Waals surface area contributed by atoms with E-state index in [0.29, 0.717) is 24.6 Å². The van der Waals surface area contributed by atoms with Gasteiger partial charge in [-0.15, -0.1) is 0 Å². The molecule has 2 aromatic carbocycles. The fourth-order valence-corrected chi connectivity index (χ4v) is 5.63. The van der Waals surface area contributed by atoms with Crippen molar-refractivity contribution in [2.45, 2.75) is 38.8 Å². The zero-order valence-electron chi connectivity index (χ0n) is 16.7. The van der Waals surface area contributed by atoms with Crippen LogP contribution >= 0.6 is 15.9 Å². The standard InChI is InChI=1S/C22H26BrNO4S/c1-16(2)18-6-8-21(9-7-18)28-14-22(25)24(20-10-11-29(26,27)15-20)13-17-4-3-5-19(23)12-17/h3-9,12,16,20H,10-11,13-15H2,1-2H3/t20-/m1/s1. The van der Waals surface area contributed by atoms with E-state index < -0.39 is 9.84 Å². The third kappa shape index (κ3) is 6.06. The molecule has 2 aromatic rings. The number of rotatable bonds is 7. The predicted molar refractivity (Wildman–Crippen MR) is 118 cm³/mol. The molecule has 0 aromatic heterocycles. The monoisotopic (exact) mass is 479 g/mol. The highest BCUT2D eigenvalue weighted by molar-refractivity contribution is 9.10. The zero-order valence-corrected chi connectivity index (χ0v) is 19.1. The minimum absolute atomic E-state index is 0.00975. The van der Waals surface area contributed by atoms with Gasteiger partial charge in [0.2, 0.25) is 0 Å². The van der Waals surface area contributed by atoms with Crippen molar-refractivity contribution in [2.24, 2.45) is 0 Å². The SMILES string of the molecule is CC(C)c1ccc(OCC(=O)N(Cc2cccc(Br)c2)[C@@H]2CCS(=O)(=O)C2)cc1. The van der Waals surface area contributed by atoms with Crippen molar-refractivity contribution >= 4 is 31.7 Å². The maximum Gasteiger partial charge on any atom is 0.261 e. The van der Waals surface area contributed by atoms with Gasteiger partial charge in [-0.1, -0.05) is 54.0 Å². The molecule has 5 nitrogen and oxygen atoms in total. The minimum Gasteiger partial charge on any atom is -0.484 e. The summed E-state index contributed by atoms with van der Waals surface area (Å²) < 4.78 is 30.6. The van der Waals surface area contributed by atoms with Crippen molar-refractivity contribution in [3.63, 3.8) is 0 Å². The Balaban J connectivity index is 1.71. The van der Waals surface area contributed by atoms with Gasteiger partial charge in [0.25, 0.3) is 5.91 Å². The van der Waals surface area contributed by atoms with Crippen LogP contribution in [0.4, 0.5) is 0 Å². The summed E-state index contributed by atoms with van der Waals surface area (Å²) in [5, 5.41) is 0. The van der Waals surface area contributed by atoms with E-state index in [1.807, 2.05) is 48.5 Å². The number of benzene rings is 2. The first-order valence-corrected chi connectivity index (χ1v) is 12.3. The number of carbonyl (C=O) groups excluding carboxylic acids is 1. The summed E-state index contributed by atoms with van der Waals surface area (Å²) >= 11 is 3.44. The molecule has 0 unspecified atom stereocenters. The number of halogens is 1. The van der Waals surface area contributed by atoms with Crippen molar-refractivity contribution in [1.29, 1.82) is 0 Å². The maximum atomic E-state index is 13.0. The molecule has 1 amide bonds. The summed E-state index contributed by atoms with van der Waals surface area (Å²) in [5.41, 5.74) is 2.15. The lowest BCUT2D eigenvalue weighted by atomic mass is 10.0. The normalized spacial score (nSPS) is 18.0. The molecule has 1 saturated heterocycles. The van der Waals surface area contributed by atoms with E-state index in [2.05, 4.69) is 29.8 Å². The number of ether oxygens (including phenoxy) is 1. The molecule has 0 aliphatic carbocycles. The number of carbonyl (C=O) groups is 1. The summed E-state index contributed by atoms with van der Waals surface area (Å²) in [6, 6.07) is 15.1. The second kappa shape index (κ2) is 9.30. The summed E-state index contributed by atoms with van der Waals surface area (Å²) in [4.78, 5) is 14.6. The fraction of sp³-hybridized carbons (Fsp3) is 0.409. The van der Waals surface area contributed by atoms with Gasteiger partial charge in [-0.05, 0) is 47.7 Å². The van der Waals surface area contributed by atoms with Crippen molar-refractivity contribution in [3.05, 3.63) is 64.1 Å². The van der Waals surface area contributed by atoms with Gasteiger partial charge in [0.1, 0.15) is 5.75 Å². The first kappa shape index (κ1) is 21.8. The lowest BCUT2D eigenvalue weighted by molar-refractivity contribution is -0.136. The highest BCUT2D eigenvalue weighted by Gasteiger charge is 2.34. The second-order valence-corrected chi connectivity index (χ2v) is 10.9. The summed E-state index contributed by atoms with van der Waals surface area (Å²) in [5.74, 6) is 0.979. The molecule has 29 heavy (non-hydrogen) atoms. The molecule has 7 heteroatoms. The average Bonchev–Trinajstić information content (AvgIpc) is 3.04. The first-order valence-electron chi connectivity index (χ1n) is 9.70. The van der Waals surface area contributed by atoms with Crippen molar-refractivity contribution in [3.8, 4) is 5.75 Å². The van der Waals surface area contributed by atoms with Crippen LogP contribution in [0.3, 0.4) is 0 Å². The number of sulfone groups is 1. The lowest BCUT2D eigenvalue weighted by Gasteiger charge is -2.28. The molecule has 156 valence electrons. The Morgan fingerprint density at radius 3 is 2.52 bits per heavy atom. The van der Waals surface area contributed by atoms with Crippen LogP contribution in [-0.2, 0) is 21.2 Å². The van der Waals surface area contributed by atoms with Crippen molar-refractivity contribution < 1.29 is 17.9 Å². The highest BCUT2D eigenvalue weighted by Crippen LogP contribution is 2.23. The van der Waals surface area contributed by atoms with Crippen molar-refractivity contribution in [2.75, 3.05) is 18.1 Å². The molecular weight excluding hydrogens is 454 g/mol. The van der Waals surface area contributed by atoms with Crippen LogP contribution in [0.1, 0.15) is 37.3 Å². The van der Waals surface area contributed by atoms with E-state index in [1.54, 1.807) is 4.90 Å². The van der Waals surface area contributed by atoms with E-state index in [9.17, 15) is 13.2 Å². The highest BCUT2D eigenvalue weighted by atomic mass is 79.9. The largest absolute Gasteiger partial charge is 0.484 e. The maximum absolute atomic E-state index is 13.0. The Bertz CT molecular complexity index is 957. The number of hydrogen-bond donors (Lipinski definition) is 0. The Labute approximate surface area is 181 Å². The van der Waals surface area contributed by atoms with E-state index >= 15 is 0 Å². The van der Waals surface area contributed by atoms with Gasteiger partial charge in [-0.25, -0.2) is 8.42 Å². The molecule has 0 bridgehead atoms. The summed E-state index contributed by atoms with van der Waals surface area (Å²) in [7, 11) is -3.10. The average molecular weight is 480 g/mol. The summed E-state index contributed by atoms with van der Waals surface area (Å²) in [6.07, 6.45) is 0.463. The Hall–Kier alpha value is -1.86. The third-order valence-electron chi connectivity index (χ3n) is 5.12. The van der Waals surface area contributed by atoms with Gasteiger partial charge in [0.05, 0.1) is 11.5 Å². The number of hydrogen-bond acceptors (Lipinski definition) is 4. The fourth-order valence-electron chi connectivity index (χ4n) is 3.45. The van der Waals surface area contributed by atoms with E-state index in [1.165, 1.54) is 5.56 Å². The Morgan fingerprint density at radius 1 is 1.21 bits per heavy atom. The number of amides is 1. The molecule has 0 N–H and O–H groups in total. The molecule has 0 spiro atoms. The third-order valence-corrected chi connectivity index (χ3v) is 7.36. The van der Waals surface area contributed by atoms with Crippen LogP contribution < -0.4 is 4.74 Å². The molecule has 1 aliphatic heterocycles. The Morgan fingerprint density at radius 2 is 1.93 bits per heavy atom. The Kier molecular flexibility index (Phi) is 7.01. The van der Waals surface area contributed by atoms with Gasteiger partial charge in [-0.3, -0.25) is 4.79 Å². The number of nitrogens with zero attached hydrogens (tertiary/aromatic N) is 1. The molecule has 1 heterocycles. The van der Waals surface area contributed by atoms with Gasteiger partial charge in [-0.2, -0.15) is 0 Å². The van der Waals surface area contributed by atoms with Crippen LogP contribution in [0.5, 0.6) is 5.75 Å². The summed E-state index contributed by atoms with van der Waals surface area (Å²) in [6.45, 7) is 4.48. The smallest absolute Gasteiger partial charge is 0.261 e. The van der Waals surface area contributed by atoms with Crippen LogP contribution in [0.15, 0.2) is 53.0 Å². The van der Waals surface area contributed by atoms with E-state index in [4.69, 9.17) is 4.74 Å². The van der Waals surface area contributed by atoms with Crippen molar-refractivity contribution in [1.82, 2.24) is 4.90 Å². The first-order chi connectivity index (χ1) is 13.7. The molecule has 3 rings (SSSR count). The second-order valence-electron chi connectivity index (χ2n) is 7.72. The van der Waals surface area contributed by atoms with Crippen LogP contribution in [0.2, 0.25) is 0 Å². The van der Waals surface area contributed by atoms with Crippen LogP contribution in [-0.4, -0.2) is 43.4 Å². The molecule has 0 radical (unpaired) electrons. The molecular formula is C22H26BrNO4S. The van der Waals surface area contributed by atoms with Gasteiger partial charge in [0.15, 0.2) is 16.4 Å². The molecule has 1 aliphatic rings. The van der Waals surface area contributed by atoms with Gasteiger partial charge < -0.3 is 9.64 Å². The molecule has 1 atom stereocenters. The lowest BCUT2D eigenvalue weighted by Crippen LogP contribution is -2.43. The predicted octanol–water partition coefficient (Wildman–Crippen LogP) is 4.17. The molecule has 0 saturated carbocycles. The van der Waals surface area contributed by atoms with E-state index in [0.717, 1.165) is 10.0 Å². The zero-order chi connectivity index (χ0) is 21.0. The van der Waals surface area contributed by atoms with Crippen LogP contribution in [0, 0.1) is 0 Å².